The Balaban J connectivity index is 2.30. The Morgan fingerprint density at radius 3 is 2.50 bits per heavy atom. The summed E-state index contributed by atoms with van der Waals surface area (Å²) in [5.74, 6) is -1.30. The molecule has 0 saturated heterocycles. The highest BCUT2D eigenvalue weighted by Gasteiger charge is 2.40. The molecule has 1 fully saturated rings. The molecule has 1 aromatic rings. The van der Waals surface area contributed by atoms with E-state index in [0.717, 1.165) is 12.1 Å². The van der Waals surface area contributed by atoms with Gasteiger partial charge in [-0.15, -0.1) is 0 Å². The highest BCUT2D eigenvalue weighted by Crippen LogP contribution is 2.48. The molecule has 0 radical (unpaired) electrons. The molecule has 0 bridgehead atoms. The molecule has 2 rings (SSSR count). The van der Waals surface area contributed by atoms with Gasteiger partial charge in [0.25, 0.3) is 0 Å². The lowest BCUT2D eigenvalue weighted by atomic mass is 10.0. The van der Waals surface area contributed by atoms with Crippen molar-refractivity contribution < 1.29 is 22.7 Å². The average molecular weight is 234 g/mol. The third-order valence-corrected chi connectivity index (χ3v) is 2.88. The second kappa shape index (κ2) is 3.73. The van der Waals surface area contributed by atoms with Gasteiger partial charge in [0.15, 0.2) is 0 Å². The van der Waals surface area contributed by atoms with Gasteiger partial charge >= 0.3 is 6.18 Å². The van der Waals surface area contributed by atoms with Crippen molar-refractivity contribution in [2.45, 2.75) is 18.5 Å². The zero-order chi connectivity index (χ0) is 11.9. The molecular formula is C11H10F4O. The van der Waals surface area contributed by atoms with Gasteiger partial charge in [-0.3, -0.25) is 0 Å². The number of aliphatic hydroxyl groups excluding tert-OH is 1. The molecule has 2 unspecified atom stereocenters. The molecule has 2 atom stereocenters. The van der Waals surface area contributed by atoms with Crippen molar-refractivity contribution in [3.8, 4) is 0 Å². The van der Waals surface area contributed by atoms with Crippen LogP contribution in [0.15, 0.2) is 18.2 Å². The molecule has 0 heterocycles. The van der Waals surface area contributed by atoms with Gasteiger partial charge in [-0.1, -0.05) is 6.07 Å². The Bertz CT molecular complexity index is 399. The highest BCUT2D eigenvalue weighted by atomic mass is 19.4. The van der Waals surface area contributed by atoms with E-state index in [-0.39, 0.29) is 18.4 Å². The lowest BCUT2D eigenvalue weighted by Gasteiger charge is -2.09. The van der Waals surface area contributed by atoms with E-state index in [2.05, 4.69) is 0 Å². The molecule has 0 amide bonds. The predicted octanol–water partition coefficient (Wildman–Crippen LogP) is 2.94. The molecular weight excluding hydrogens is 224 g/mol. The smallest absolute Gasteiger partial charge is 0.396 e. The SMILES string of the molecule is OCC1CC1c1ccc(F)c(C(F)(F)F)c1. The third-order valence-electron chi connectivity index (χ3n) is 2.88. The first-order valence-electron chi connectivity index (χ1n) is 4.91. The molecule has 88 valence electrons. The van der Waals surface area contributed by atoms with Crippen LogP contribution in [0.2, 0.25) is 0 Å². The Morgan fingerprint density at radius 1 is 1.31 bits per heavy atom. The van der Waals surface area contributed by atoms with Gasteiger partial charge < -0.3 is 5.11 Å². The van der Waals surface area contributed by atoms with Crippen LogP contribution >= 0.6 is 0 Å². The minimum Gasteiger partial charge on any atom is -0.396 e. The summed E-state index contributed by atoms with van der Waals surface area (Å²) < 4.78 is 50.2. The molecule has 1 saturated carbocycles. The molecule has 16 heavy (non-hydrogen) atoms. The van der Waals surface area contributed by atoms with E-state index in [1.165, 1.54) is 6.07 Å². The zero-order valence-electron chi connectivity index (χ0n) is 8.26. The van der Waals surface area contributed by atoms with Crippen LogP contribution in [0, 0.1) is 11.7 Å². The topological polar surface area (TPSA) is 20.2 Å². The Morgan fingerprint density at radius 2 is 2.00 bits per heavy atom. The average Bonchev–Trinajstić information content (AvgIpc) is 2.96. The summed E-state index contributed by atoms with van der Waals surface area (Å²) in [7, 11) is 0. The van der Waals surface area contributed by atoms with Crippen molar-refractivity contribution in [2.75, 3.05) is 6.61 Å². The Hall–Kier alpha value is -1.10. The van der Waals surface area contributed by atoms with Crippen LogP contribution in [0.4, 0.5) is 17.6 Å². The van der Waals surface area contributed by atoms with Crippen LogP contribution in [0.25, 0.3) is 0 Å². The van der Waals surface area contributed by atoms with Gasteiger partial charge in [0.05, 0.1) is 5.56 Å². The lowest BCUT2D eigenvalue weighted by molar-refractivity contribution is -0.140. The Kier molecular flexibility index (Phi) is 2.66. The van der Waals surface area contributed by atoms with E-state index < -0.39 is 17.6 Å². The fraction of sp³-hybridized carbons (Fsp3) is 0.455. The molecule has 1 aromatic carbocycles. The molecule has 0 aliphatic heterocycles. The lowest BCUT2D eigenvalue weighted by Crippen LogP contribution is -2.08. The monoisotopic (exact) mass is 234 g/mol. The normalized spacial score (nSPS) is 24.6. The van der Waals surface area contributed by atoms with Crippen molar-refractivity contribution in [3.63, 3.8) is 0 Å². The minimum atomic E-state index is -4.66. The number of hydrogen-bond acceptors (Lipinski definition) is 1. The van der Waals surface area contributed by atoms with Gasteiger partial charge in [0, 0.05) is 6.61 Å². The standard InChI is InChI=1S/C11H10F4O/c12-10-2-1-6(8-3-7(8)5-16)4-9(10)11(13,14)15/h1-2,4,7-8,16H,3,5H2. The van der Waals surface area contributed by atoms with Gasteiger partial charge in [0.1, 0.15) is 5.82 Å². The predicted molar refractivity (Wildman–Crippen MR) is 49.3 cm³/mol. The van der Waals surface area contributed by atoms with Crippen molar-refractivity contribution in [1.82, 2.24) is 0 Å². The molecule has 1 aliphatic carbocycles. The number of aliphatic hydroxyl groups is 1. The van der Waals surface area contributed by atoms with Crippen LogP contribution in [0.3, 0.4) is 0 Å². The van der Waals surface area contributed by atoms with Crippen LogP contribution in [-0.4, -0.2) is 11.7 Å². The van der Waals surface area contributed by atoms with Crippen molar-refractivity contribution >= 4 is 0 Å². The second-order valence-electron chi connectivity index (χ2n) is 4.02. The summed E-state index contributed by atoms with van der Waals surface area (Å²) in [6, 6.07) is 3.03. The van der Waals surface area contributed by atoms with Crippen LogP contribution < -0.4 is 0 Å². The van der Waals surface area contributed by atoms with Gasteiger partial charge in [0.2, 0.25) is 0 Å². The second-order valence-corrected chi connectivity index (χ2v) is 4.02. The van der Waals surface area contributed by atoms with E-state index >= 15 is 0 Å². The van der Waals surface area contributed by atoms with Gasteiger partial charge in [-0.05, 0) is 36.0 Å². The fourth-order valence-electron chi connectivity index (χ4n) is 1.85. The summed E-state index contributed by atoms with van der Waals surface area (Å²) in [6.45, 7) is -0.0383. The molecule has 1 aliphatic rings. The maximum absolute atomic E-state index is 13.0. The number of alkyl halides is 3. The van der Waals surface area contributed by atoms with E-state index in [1.54, 1.807) is 0 Å². The maximum atomic E-state index is 13.0. The van der Waals surface area contributed by atoms with E-state index in [9.17, 15) is 17.6 Å². The first-order valence-corrected chi connectivity index (χ1v) is 4.91. The molecule has 1 nitrogen and oxygen atoms in total. The number of hydrogen-bond donors (Lipinski definition) is 1. The molecule has 0 spiro atoms. The number of benzene rings is 1. The summed E-state index contributed by atoms with van der Waals surface area (Å²) in [5, 5.41) is 8.83. The van der Waals surface area contributed by atoms with E-state index in [4.69, 9.17) is 5.11 Å². The van der Waals surface area contributed by atoms with E-state index in [0.29, 0.717) is 12.0 Å². The van der Waals surface area contributed by atoms with Crippen LogP contribution in [0.1, 0.15) is 23.5 Å². The maximum Gasteiger partial charge on any atom is 0.419 e. The highest BCUT2D eigenvalue weighted by molar-refractivity contribution is 5.33. The zero-order valence-corrected chi connectivity index (χ0v) is 8.26. The van der Waals surface area contributed by atoms with Gasteiger partial charge in [-0.2, -0.15) is 13.2 Å². The summed E-state index contributed by atoms with van der Waals surface area (Å²) in [4.78, 5) is 0. The Labute approximate surface area is 89.7 Å². The van der Waals surface area contributed by atoms with Gasteiger partial charge in [-0.25, -0.2) is 4.39 Å². The van der Waals surface area contributed by atoms with Crippen LogP contribution in [-0.2, 0) is 6.18 Å². The first kappa shape index (κ1) is 11.4. The van der Waals surface area contributed by atoms with Crippen molar-refractivity contribution in [1.29, 1.82) is 0 Å². The fourth-order valence-corrected chi connectivity index (χ4v) is 1.85. The van der Waals surface area contributed by atoms with E-state index in [1.807, 2.05) is 0 Å². The summed E-state index contributed by atoms with van der Waals surface area (Å²) in [6.07, 6.45) is -4.00. The molecule has 0 aromatic heterocycles. The van der Waals surface area contributed by atoms with Crippen molar-refractivity contribution in [2.24, 2.45) is 5.92 Å². The summed E-state index contributed by atoms with van der Waals surface area (Å²) in [5.41, 5.74) is -0.777. The number of halogens is 4. The molecule has 1 N–H and O–H groups in total. The molecule has 5 heteroatoms. The third kappa shape index (κ3) is 2.04. The number of rotatable bonds is 2. The quantitative estimate of drug-likeness (QED) is 0.780. The minimum absolute atomic E-state index is 0.0199. The first-order chi connectivity index (χ1) is 7.43. The van der Waals surface area contributed by atoms with Crippen molar-refractivity contribution in [3.05, 3.63) is 35.1 Å². The largest absolute Gasteiger partial charge is 0.419 e. The summed E-state index contributed by atoms with van der Waals surface area (Å²) >= 11 is 0. The van der Waals surface area contributed by atoms with Crippen LogP contribution in [0.5, 0.6) is 0 Å².